The molecule has 0 saturated heterocycles. The first-order valence-corrected chi connectivity index (χ1v) is 9.39. The Morgan fingerprint density at radius 1 is 1.08 bits per heavy atom. The SMILES string of the molecule is Cc1cc(NS(C)(=O)=O)ccc1Nc1cc(-c2ccc(O)cc2)[nH]n1. The second kappa shape index (κ2) is 6.48. The van der Waals surface area contributed by atoms with Gasteiger partial charge in [0.05, 0.1) is 11.9 Å². The molecule has 0 spiro atoms. The molecule has 0 aliphatic heterocycles. The Bertz CT molecular complexity index is 995. The molecule has 0 bridgehead atoms. The van der Waals surface area contributed by atoms with E-state index in [1.807, 2.05) is 13.0 Å². The van der Waals surface area contributed by atoms with E-state index in [9.17, 15) is 13.5 Å². The van der Waals surface area contributed by atoms with Crippen LogP contribution < -0.4 is 10.0 Å². The molecule has 7 nitrogen and oxygen atoms in total. The van der Waals surface area contributed by atoms with E-state index in [0.29, 0.717) is 11.5 Å². The molecule has 1 heterocycles. The largest absolute Gasteiger partial charge is 0.508 e. The molecule has 0 fully saturated rings. The molecule has 1 aromatic heterocycles. The molecule has 0 amide bonds. The molecule has 0 atom stereocenters. The highest BCUT2D eigenvalue weighted by Gasteiger charge is 2.08. The molecule has 4 N–H and O–H groups in total. The number of phenols is 1. The number of nitrogens with one attached hydrogen (secondary N) is 3. The molecule has 8 heteroatoms. The van der Waals surface area contributed by atoms with Gasteiger partial charge in [0.1, 0.15) is 5.75 Å². The van der Waals surface area contributed by atoms with Crippen molar-refractivity contribution in [3.63, 3.8) is 0 Å². The molecule has 3 rings (SSSR count). The number of aromatic nitrogens is 2. The van der Waals surface area contributed by atoms with Crippen molar-refractivity contribution in [1.29, 1.82) is 0 Å². The maximum Gasteiger partial charge on any atom is 0.229 e. The molecule has 0 saturated carbocycles. The number of anilines is 3. The highest BCUT2D eigenvalue weighted by Crippen LogP contribution is 2.26. The monoisotopic (exact) mass is 358 g/mol. The average Bonchev–Trinajstić information content (AvgIpc) is 2.98. The Hall–Kier alpha value is -3.00. The van der Waals surface area contributed by atoms with Crippen molar-refractivity contribution in [1.82, 2.24) is 10.2 Å². The van der Waals surface area contributed by atoms with Gasteiger partial charge in [-0.15, -0.1) is 0 Å². The van der Waals surface area contributed by atoms with E-state index in [2.05, 4.69) is 20.2 Å². The molecule has 0 unspecified atom stereocenters. The minimum absolute atomic E-state index is 0.208. The van der Waals surface area contributed by atoms with E-state index in [1.165, 1.54) is 0 Å². The van der Waals surface area contributed by atoms with Gasteiger partial charge in [-0.1, -0.05) is 0 Å². The molecule has 130 valence electrons. The van der Waals surface area contributed by atoms with Crippen molar-refractivity contribution in [3.8, 4) is 17.0 Å². The number of aryl methyl sites for hydroxylation is 1. The van der Waals surface area contributed by atoms with Crippen LogP contribution in [0.15, 0.2) is 48.5 Å². The Balaban J connectivity index is 1.78. The van der Waals surface area contributed by atoms with E-state index in [4.69, 9.17) is 0 Å². The van der Waals surface area contributed by atoms with Crippen LogP contribution in [0.3, 0.4) is 0 Å². The van der Waals surface area contributed by atoms with E-state index in [-0.39, 0.29) is 5.75 Å². The number of aromatic hydroxyl groups is 1. The van der Waals surface area contributed by atoms with Gasteiger partial charge in [-0.25, -0.2) is 8.42 Å². The zero-order valence-corrected chi connectivity index (χ0v) is 14.6. The summed E-state index contributed by atoms with van der Waals surface area (Å²) in [5.74, 6) is 0.843. The Morgan fingerprint density at radius 3 is 2.44 bits per heavy atom. The van der Waals surface area contributed by atoms with E-state index in [1.54, 1.807) is 42.5 Å². The van der Waals surface area contributed by atoms with Gasteiger partial charge in [-0.05, 0) is 60.5 Å². The molecule has 0 aliphatic carbocycles. The summed E-state index contributed by atoms with van der Waals surface area (Å²) in [6, 6.07) is 13.9. The van der Waals surface area contributed by atoms with Crippen LogP contribution in [0.25, 0.3) is 11.3 Å². The van der Waals surface area contributed by atoms with Gasteiger partial charge in [-0.2, -0.15) is 5.10 Å². The standard InChI is InChI=1S/C17H18N4O3S/c1-11-9-13(21-25(2,23)24)5-8-15(11)18-17-10-16(19-20-17)12-3-6-14(22)7-4-12/h3-10,21-22H,1-2H3,(H2,18,19,20). The van der Waals surface area contributed by atoms with E-state index in [0.717, 1.165) is 28.8 Å². The van der Waals surface area contributed by atoms with Gasteiger partial charge < -0.3 is 10.4 Å². The third-order valence-electron chi connectivity index (χ3n) is 3.55. The van der Waals surface area contributed by atoms with Gasteiger partial charge in [0, 0.05) is 17.4 Å². The zero-order chi connectivity index (χ0) is 18.0. The summed E-state index contributed by atoms with van der Waals surface area (Å²) in [4.78, 5) is 0. The summed E-state index contributed by atoms with van der Waals surface area (Å²) in [7, 11) is -3.30. The van der Waals surface area contributed by atoms with Crippen molar-refractivity contribution in [2.75, 3.05) is 16.3 Å². The average molecular weight is 358 g/mol. The third kappa shape index (κ3) is 4.30. The van der Waals surface area contributed by atoms with Crippen LogP contribution in [0.1, 0.15) is 5.56 Å². The second-order valence-corrected chi connectivity index (χ2v) is 7.49. The van der Waals surface area contributed by atoms with Gasteiger partial charge in [0.25, 0.3) is 0 Å². The third-order valence-corrected chi connectivity index (χ3v) is 4.16. The predicted octanol–water partition coefficient (Wildman–Crippen LogP) is 3.21. The predicted molar refractivity (Wildman–Crippen MR) is 98.6 cm³/mol. The lowest BCUT2D eigenvalue weighted by molar-refractivity contribution is 0.475. The van der Waals surface area contributed by atoms with Crippen molar-refractivity contribution < 1.29 is 13.5 Å². The lowest BCUT2D eigenvalue weighted by atomic mass is 10.1. The minimum atomic E-state index is -3.30. The van der Waals surface area contributed by atoms with Crippen LogP contribution in [0.2, 0.25) is 0 Å². The molecular weight excluding hydrogens is 340 g/mol. The van der Waals surface area contributed by atoms with Gasteiger partial charge in [0.2, 0.25) is 10.0 Å². The molecule has 0 aliphatic rings. The maximum atomic E-state index is 11.3. The molecule has 3 aromatic rings. The van der Waals surface area contributed by atoms with Crippen LogP contribution in [0.4, 0.5) is 17.2 Å². The van der Waals surface area contributed by atoms with E-state index >= 15 is 0 Å². The zero-order valence-electron chi connectivity index (χ0n) is 13.7. The van der Waals surface area contributed by atoms with Gasteiger partial charge >= 0.3 is 0 Å². The fraction of sp³-hybridized carbons (Fsp3) is 0.118. The Morgan fingerprint density at radius 2 is 1.80 bits per heavy atom. The van der Waals surface area contributed by atoms with Gasteiger partial charge in [0.15, 0.2) is 5.82 Å². The minimum Gasteiger partial charge on any atom is -0.508 e. The van der Waals surface area contributed by atoms with Crippen LogP contribution in [0.5, 0.6) is 5.75 Å². The van der Waals surface area contributed by atoms with Gasteiger partial charge in [-0.3, -0.25) is 9.82 Å². The molecule has 0 radical (unpaired) electrons. The summed E-state index contributed by atoms with van der Waals surface area (Å²) in [5.41, 5.74) is 3.93. The number of rotatable bonds is 5. The number of H-pyrrole nitrogens is 1. The quantitative estimate of drug-likeness (QED) is 0.560. The lowest BCUT2D eigenvalue weighted by Gasteiger charge is -2.10. The smallest absolute Gasteiger partial charge is 0.229 e. The number of hydrogen-bond acceptors (Lipinski definition) is 5. The summed E-state index contributed by atoms with van der Waals surface area (Å²) in [6.45, 7) is 1.88. The lowest BCUT2D eigenvalue weighted by Crippen LogP contribution is -2.09. The summed E-state index contributed by atoms with van der Waals surface area (Å²) in [5, 5.41) is 19.7. The summed E-state index contributed by atoms with van der Waals surface area (Å²) >= 11 is 0. The number of nitrogens with zero attached hydrogens (tertiary/aromatic N) is 1. The highest BCUT2D eigenvalue weighted by atomic mass is 32.2. The topological polar surface area (TPSA) is 107 Å². The van der Waals surface area contributed by atoms with Crippen LogP contribution in [-0.2, 0) is 10.0 Å². The number of aromatic amines is 1. The molecule has 2 aromatic carbocycles. The number of hydrogen-bond donors (Lipinski definition) is 4. The van der Waals surface area contributed by atoms with Crippen molar-refractivity contribution >= 4 is 27.2 Å². The normalized spacial score (nSPS) is 11.3. The maximum absolute atomic E-state index is 11.3. The number of phenolic OH excluding ortho intramolecular Hbond substituents is 1. The molecular formula is C17H18N4O3S. The van der Waals surface area contributed by atoms with Crippen molar-refractivity contribution in [2.45, 2.75) is 6.92 Å². The van der Waals surface area contributed by atoms with Crippen LogP contribution >= 0.6 is 0 Å². The summed E-state index contributed by atoms with van der Waals surface area (Å²) in [6.07, 6.45) is 1.11. The first-order valence-electron chi connectivity index (χ1n) is 7.50. The number of sulfonamides is 1. The Kier molecular flexibility index (Phi) is 4.37. The molecule has 25 heavy (non-hydrogen) atoms. The van der Waals surface area contributed by atoms with Crippen molar-refractivity contribution in [3.05, 3.63) is 54.1 Å². The van der Waals surface area contributed by atoms with Crippen LogP contribution in [-0.4, -0.2) is 30.0 Å². The first-order chi connectivity index (χ1) is 11.8. The Labute approximate surface area is 145 Å². The fourth-order valence-corrected chi connectivity index (χ4v) is 2.95. The van der Waals surface area contributed by atoms with Crippen molar-refractivity contribution in [2.24, 2.45) is 0 Å². The second-order valence-electron chi connectivity index (χ2n) is 5.74. The van der Waals surface area contributed by atoms with Crippen LogP contribution in [0, 0.1) is 6.92 Å². The summed E-state index contributed by atoms with van der Waals surface area (Å²) < 4.78 is 25.0. The van der Waals surface area contributed by atoms with E-state index < -0.39 is 10.0 Å². The fourth-order valence-electron chi connectivity index (χ4n) is 2.39. The number of benzene rings is 2. The first kappa shape index (κ1) is 16.8. The highest BCUT2D eigenvalue weighted by molar-refractivity contribution is 7.92.